The van der Waals surface area contributed by atoms with Crippen LogP contribution in [0.1, 0.15) is 11.1 Å². The second-order valence-corrected chi connectivity index (χ2v) is 12.3. The highest BCUT2D eigenvalue weighted by molar-refractivity contribution is 5.89. The Morgan fingerprint density at radius 2 is 1.39 bits per heavy atom. The minimum atomic E-state index is -2.01. The first kappa shape index (κ1) is 38.7. The molecule has 0 bridgehead atoms. The molecule has 5 atom stereocenters. The Labute approximate surface area is 316 Å². The summed E-state index contributed by atoms with van der Waals surface area (Å²) in [6.07, 6.45) is -4.41. The van der Waals surface area contributed by atoms with Gasteiger partial charge < -0.3 is 63.8 Å². The van der Waals surface area contributed by atoms with Gasteiger partial charge in [0.25, 0.3) is 0 Å². The normalized spacial score (nSPS) is 19.6. The van der Waals surface area contributed by atoms with Gasteiger partial charge in [0, 0.05) is 29.8 Å². The van der Waals surface area contributed by atoms with Crippen LogP contribution >= 0.6 is 0 Å². The van der Waals surface area contributed by atoms with E-state index in [4.69, 9.17) is 28.1 Å². The van der Waals surface area contributed by atoms with Crippen LogP contribution in [0.5, 0.6) is 40.2 Å². The number of hydrogen-bond acceptors (Lipinski definition) is 16. The Morgan fingerprint density at radius 3 is 2.09 bits per heavy atom. The van der Waals surface area contributed by atoms with E-state index in [1.54, 1.807) is 0 Å². The van der Waals surface area contributed by atoms with Gasteiger partial charge in [0.2, 0.25) is 17.5 Å². The summed E-state index contributed by atoms with van der Waals surface area (Å²) in [6.45, 7) is -0.690. The number of phenols is 5. The van der Waals surface area contributed by atoms with E-state index >= 15 is 0 Å². The lowest BCUT2D eigenvalue weighted by Gasteiger charge is -2.41. The summed E-state index contributed by atoms with van der Waals surface area (Å²) in [5, 5.41) is 72.2. The largest absolute Gasteiger partial charge is 0.508 e. The molecule has 5 aromatic rings. The fourth-order valence-corrected chi connectivity index (χ4v) is 5.67. The minimum Gasteiger partial charge on any atom is -0.508 e. The maximum absolute atomic E-state index is 13.9. The Kier molecular flexibility index (Phi) is 11.4. The molecule has 16 nitrogen and oxygen atoms in total. The van der Waals surface area contributed by atoms with Crippen molar-refractivity contribution in [2.24, 2.45) is 0 Å². The molecule has 0 aliphatic carbocycles. The van der Waals surface area contributed by atoms with E-state index in [2.05, 4.69) is 0 Å². The number of esters is 2. The third-order valence-electron chi connectivity index (χ3n) is 8.49. The number of aromatic hydroxyl groups is 5. The van der Waals surface area contributed by atoms with Crippen molar-refractivity contribution in [3.8, 4) is 51.6 Å². The molecule has 1 aliphatic heterocycles. The lowest BCUT2D eigenvalue weighted by atomic mass is 9.98. The molecule has 6 rings (SSSR count). The van der Waals surface area contributed by atoms with Crippen molar-refractivity contribution in [3.05, 3.63) is 112 Å². The molecular weight excluding hydrogens is 736 g/mol. The van der Waals surface area contributed by atoms with Crippen LogP contribution in [-0.4, -0.2) is 92.1 Å². The predicted molar refractivity (Wildman–Crippen MR) is 196 cm³/mol. The smallest absolute Gasteiger partial charge is 0.331 e. The number of aliphatic hydroxyl groups excluding tert-OH is 2. The molecule has 16 heteroatoms. The van der Waals surface area contributed by atoms with Crippen molar-refractivity contribution in [1.29, 1.82) is 0 Å². The van der Waals surface area contributed by atoms with E-state index in [1.165, 1.54) is 86.0 Å². The first-order chi connectivity index (χ1) is 26.8. The van der Waals surface area contributed by atoms with Crippen LogP contribution in [-0.2, 0) is 23.8 Å². The summed E-state index contributed by atoms with van der Waals surface area (Å²) >= 11 is 0. The van der Waals surface area contributed by atoms with Gasteiger partial charge in [-0.05, 0) is 71.8 Å². The first-order valence-electron chi connectivity index (χ1n) is 16.7. The molecule has 0 saturated carbocycles. The second kappa shape index (κ2) is 16.6. The zero-order valence-corrected chi connectivity index (χ0v) is 29.2. The van der Waals surface area contributed by atoms with E-state index in [-0.39, 0.29) is 39.9 Å². The van der Waals surface area contributed by atoms with Gasteiger partial charge in [-0.2, -0.15) is 0 Å². The van der Waals surface area contributed by atoms with E-state index in [0.29, 0.717) is 11.1 Å². The van der Waals surface area contributed by atoms with Crippen LogP contribution in [0, 0.1) is 0 Å². The lowest BCUT2D eigenvalue weighted by molar-refractivity contribution is -0.281. The average Bonchev–Trinajstić information content (AvgIpc) is 3.17. The van der Waals surface area contributed by atoms with Crippen molar-refractivity contribution >= 4 is 35.1 Å². The number of aliphatic hydroxyl groups is 2. The van der Waals surface area contributed by atoms with Gasteiger partial charge in [0.1, 0.15) is 52.8 Å². The highest BCUT2D eigenvalue weighted by Crippen LogP contribution is 2.38. The number of carbonyl (C=O) groups is 2. The number of methoxy groups -OCH3 is 1. The number of phenolic OH excluding ortho intramolecular Hbond substituents is 5. The van der Waals surface area contributed by atoms with E-state index in [1.807, 2.05) is 0 Å². The molecule has 0 spiro atoms. The average molecular weight is 771 g/mol. The van der Waals surface area contributed by atoms with E-state index in [0.717, 1.165) is 24.3 Å². The van der Waals surface area contributed by atoms with Gasteiger partial charge in [-0.15, -0.1) is 0 Å². The Balaban J connectivity index is 1.31. The van der Waals surface area contributed by atoms with Crippen LogP contribution in [0.4, 0.5) is 0 Å². The van der Waals surface area contributed by atoms with Crippen LogP contribution in [0.15, 0.2) is 100 Å². The molecule has 1 saturated heterocycles. The maximum Gasteiger partial charge on any atom is 0.331 e. The molecular formula is C40H34O16. The predicted octanol–water partition coefficient (Wildman–Crippen LogP) is 3.70. The van der Waals surface area contributed by atoms with E-state index < -0.39 is 77.3 Å². The van der Waals surface area contributed by atoms with Crippen molar-refractivity contribution in [2.75, 3.05) is 13.7 Å². The van der Waals surface area contributed by atoms with Crippen molar-refractivity contribution in [2.45, 2.75) is 30.7 Å². The van der Waals surface area contributed by atoms with Crippen LogP contribution < -0.4 is 14.9 Å². The minimum absolute atomic E-state index is 0.00517. The van der Waals surface area contributed by atoms with E-state index in [9.17, 15) is 50.1 Å². The topological polar surface area (TPSA) is 252 Å². The molecule has 2 heterocycles. The summed E-state index contributed by atoms with van der Waals surface area (Å²) in [6, 6.07) is 17.4. The Bertz CT molecular complexity index is 2350. The zero-order chi connectivity index (χ0) is 40.1. The summed E-state index contributed by atoms with van der Waals surface area (Å²) < 4.78 is 33.5. The van der Waals surface area contributed by atoms with Crippen molar-refractivity contribution in [3.63, 3.8) is 0 Å². The molecule has 1 fully saturated rings. The zero-order valence-electron chi connectivity index (χ0n) is 29.2. The number of rotatable bonds is 11. The molecule has 1 aromatic heterocycles. The number of carbonyl (C=O) groups excluding carboxylic acids is 2. The summed E-state index contributed by atoms with van der Waals surface area (Å²) in [5.74, 6) is -4.07. The molecule has 0 radical (unpaired) electrons. The van der Waals surface area contributed by atoms with Crippen LogP contribution in [0.3, 0.4) is 0 Å². The quantitative estimate of drug-likeness (QED) is 0.0747. The lowest BCUT2D eigenvalue weighted by Crippen LogP contribution is -2.61. The highest BCUT2D eigenvalue weighted by Gasteiger charge is 2.49. The number of benzene rings is 4. The first-order valence-corrected chi connectivity index (χ1v) is 16.7. The summed E-state index contributed by atoms with van der Waals surface area (Å²) in [4.78, 5) is 39.7. The monoisotopic (exact) mass is 770 g/mol. The Morgan fingerprint density at radius 1 is 0.750 bits per heavy atom. The summed E-state index contributed by atoms with van der Waals surface area (Å²) in [7, 11) is 1.35. The molecule has 56 heavy (non-hydrogen) atoms. The standard InChI is InChI=1S/C40H34O16/c1-51-28-16-21(4-13-26(28)44)6-14-31(46)52-19-30-34(48)38(55-32(47)15-5-20-2-9-23(41)10-3-20)36(50)40(54-30)56-39-35(49)33-27(45)17-25(43)18-29(33)53-37(39)22-7-11-24(42)12-8-22/h2-18,30,34,36,38,40-45,48,50H,19H2,1H3/b14-6+,15-5+/t30?,34-,36?,38?,40+/m1/s1. The van der Waals surface area contributed by atoms with Gasteiger partial charge in [0.15, 0.2) is 29.5 Å². The number of ether oxygens (including phenoxy) is 5. The fraction of sp³-hybridized carbons (Fsp3) is 0.175. The van der Waals surface area contributed by atoms with Crippen molar-refractivity contribution in [1.82, 2.24) is 0 Å². The SMILES string of the molecule is COc1cc(/C=C/C(=O)OCC2O[C@@H](Oc3c(-c4ccc(O)cc4)oc4cc(O)cc(O)c4c3=O)C(O)C(OC(=O)/C=C/c3ccc(O)cc3)[C@@H]2O)ccc1O. The van der Waals surface area contributed by atoms with Gasteiger partial charge in [-0.1, -0.05) is 18.2 Å². The van der Waals surface area contributed by atoms with Gasteiger partial charge >= 0.3 is 11.9 Å². The number of hydrogen-bond donors (Lipinski definition) is 7. The Hall–Kier alpha value is -7.01. The molecule has 7 N–H and O–H groups in total. The fourth-order valence-electron chi connectivity index (χ4n) is 5.67. The molecule has 290 valence electrons. The van der Waals surface area contributed by atoms with Gasteiger partial charge in [0.05, 0.1) is 7.11 Å². The second-order valence-electron chi connectivity index (χ2n) is 12.3. The molecule has 0 amide bonds. The van der Waals surface area contributed by atoms with Crippen molar-refractivity contribution < 1.29 is 73.4 Å². The molecule has 3 unspecified atom stereocenters. The van der Waals surface area contributed by atoms with Gasteiger partial charge in [-0.3, -0.25) is 4.79 Å². The summed E-state index contributed by atoms with van der Waals surface area (Å²) in [5.41, 5.74) is -0.110. The van der Waals surface area contributed by atoms with Crippen LogP contribution in [0.25, 0.3) is 34.4 Å². The molecule has 4 aromatic carbocycles. The highest BCUT2D eigenvalue weighted by atomic mass is 16.7. The third-order valence-corrected chi connectivity index (χ3v) is 8.49. The molecule has 1 aliphatic rings. The number of fused-ring (bicyclic) bond motifs is 1. The van der Waals surface area contributed by atoms with Crippen LogP contribution in [0.2, 0.25) is 0 Å². The van der Waals surface area contributed by atoms with Gasteiger partial charge in [-0.25, -0.2) is 9.59 Å². The maximum atomic E-state index is 13.9. The third kappa shape index (κ3) is 8.68.